The van der Waals surface area contributed by atoms with Gasteiger partial charge in [0.1, 0.15) is 23.7 Å². The lowest BCUT2D eigenvalue weighted by Crippen LogP contribution is -2.54. The molecule has 1 unspecified atom stereocenters. The van der Waals surface area contributed by atoms with Crippen molar-refractivity contribution in [1.29, 1.82) is 5.26 Å². The molecule has 0 radical (unpaired) electrons. The van der Waals surface area contributed by atoms with E-state index in [2.05, 4.69) is 25.3 Å². The first-order chi connectivity index (χ1) is 28.5. The minimum Gasteiger partial charge on any atom is -0.490 e. The minimum atomic E-state index is -1.09. The quantitative estimate of drug-likeness (QED) is 0.308. The van der Waals surface area contributed by atoms with E-state index in [0.29, 0.717) is 48.4 Å². The molecular formula is C42H45ClFN9O6. The van der Waals surface area contributed by atoms with Gasteiger partial charge in [0.05, 0.1) is 33.5 Å². The Morgan fingerprint density at radius 3 is 2.25 bits per heavy atom. The molecule has 3 saturated heterocycles. The zero-order chi connectivity index (χ0) is 41.4. The van der Waals surface area contributed by atoms with Crippen molar-refractivity contribution < 1.29 is 33.1 Å². The number of nitriles is 1. The SMILES string of the molecule is CN1C(=O)CCC(N2C(=O)c3cc(F)c(N4CCN(CC5CCN(c6ccc(C(=O)NC7CCC(Oc8ccc(C#N)c(Cl)c8)CC7)nn6)CC5)CC4)cc3C2=O)C1=O. The molecule has 1 aliphatic carbocycles. The third-order valence-corrected chi connectivity index (χ3v) is 12.7. The zero-order valence-corrected chi connectivity index (χ0v) is 33.5. The summed E-state index contributed by atoms with van der Waals surface area (Å²) in [6, 6.07) is 12.1. The normalized spacial score (nSPS) is 23.1. The number of amides is 5. The molecule has 17 heteroatoms. The standard InChI is InChI=1S/C42H45ClFN9O6/c1-49-38(54)11-9-35(42(49)58)53-40(56)30-21-33(44)36(22-31(30)41(53)57)51-18-16-50(17-19-51)24-25-12-14-52(15-13-25)37-10-8-34(47-48-37)39(55)46-27-3-6-28(7-4-27)59-29-5-2-26(23-45)32(43)20-29/h2,5,8,10,20-22,25,27-28,35H,3-4,6-7,9,11-19,24H2,1H3,(H,46,55). The maximum Gasteiger partial charge on any atom is 0.272 e. The van der Waals surface area contributed by atoms with Gasteiger partial charge in [-0.3, -0.25) is 38.7 Å². The summed E-state index contributed by atoms with van der Waals surface area (Å²) in [6.07, 6.45) is 5.11. The topological polar surface area (TPSA) is 172 Å². The molecule has 4 fully saturated rings. The summed E-state index contributed by atoms with van der Waals surface area (Å²) >= 11 is 6.14. The number of carbonyl (C=O) groups is 5. The van der Waals surface area contributed by atoms with Crippen molar-refractivity contribution in [3.05, 3.63) is 75.7 Å². The maximum atomic E-state index is 15.5. The molecule has 2 aromatic carbocycles. The van der Waals surface area contributed by atoms with Crippen LogP contribution in [0.2, 0.25) is 5.02 Å². The number of carbonyl (C=O) groups excluding carboxylic acids is 5. The molecule has 3 aromatic rings. The van der Waals surface area contributed by atoms with Crippen LogP contribution in [0.5, 0.6) is 5.75 Å². The number of ether oxygens (including phenoxy) is 1. The summed E-state index contributed by atoms with van der Waals surface area (Å²) in [5.41, 5.74) is 0.949. The predicted octanol–water partition coefficient (Wildman–Crippen LogP) is 4.04. The maximum absolute atomic E-state index is 15.5. The number of aromatic nitrogens is 2. The lowest BCUT2D eigenvalue weighted by atomic mass is 9.93. The van der Waals surface area contributed by atoms with Crippen molar-refractivity contribution in [1.82, 2.24) is 30.2 Å². The molecule has 0 spiro atoms. The molecule has 59 heavy (non-hydrogen) atoms. The highest BCUT2D eigenvalue weighted by molar-refractivity contribution is 6.31. The van der Waals surface area contributed by atoms with Crippen LogP contribution in [0.4, 0.5) is 15.9 Å². The molecule has 15 nitrogen and oxygen atoms in total. The Morgan fingerprint density at radius 2 is 1.59 bits per heavy atom. The Bertz CT molecular complexity index is 2190. The van der Waals surface area contributed by atoms with Gasteiger partial charge < -0.3 is 19.9 Å². The van der Waals surface area contributed by atoms with Gasteiger partial charge in [0, 0.05) is 71.4 Å². The number of hydrogen-bond donors (Lipinski definition) is 1. The Morgan fingerprint density at radius 1 is 0.881 bits per heavy atom. The van der Waals surface area contributed by atoms with E-state index in [4.69, 9.17) is 21.6 Å². The number of imide groups is 2. The van der Waals surface area contributed by atoms with E-state index in [1.165, 1.54) is 13.1 Å². The van der Waals surface area contributed by atoms with Gasteiger partial charge in [-0.2, -0.15) is 5.26 Å². The van der Waals surface area contributed by atoms with Crippen molar-refractivity contribution in [2.75, 3.05) is 62.7 Å². The molecular weight excluding hydrogens is 781 g/mol. The largest absolute Gasteiger partial charge is 0.490 e. The molecule has 1 saturated carbocycles. The highest BCUT2D eigenvalue weighted by Crippen LogP contribution is 2.34. The van der Waals surface area contributed by atoms with Crippen molar-refractivity contribution >= 4 is 52.6 Å². The highest BCUT2D eigenvalue weighted by Gasteiger charge is 2.47. The highest BCUT2D eigenvalue weighted by atomic mass is 35.5. The predicted molar refractivity (Wildman–Crippen MR) is 214 cm³/mol. The van der Waals surface area contributed by atoms with Crippen LogP contribution < -0.4 is 19.9 Å². The third kappa shape index (κ3) is 8.31. The van der Waals surface area contributed by atoms with Crippen LogP contribution in [0.25, 0.3) is 0 Å². The summed E-state index contributed by atoms with van der Waals surface area (Å²) in [5, 5.41) is 21.2. The third-order valence-electron chi connectivity index (χ3n) is 12.3. The summed E-state index contributed by atoms with van der Waals surface area (Å²) in [4.78, 5) is 72.7. The van der Waals surface area contributed by atoms with Crippen LogP contribution >= 0.6 is 11.6 Å². The molecule has 1 aromatic heterocycles. The van der Waals surface area contributed by atoms with E-state index in [-0.39, 0.29) is 59.3 Å². The number of anilines is 2. The van der Waals surface area contributed by atoms with Gasteiger partial charge >= 0.3 is 0 Å². The van der Waals surface area contributed by atoms with E-state index < -0.39 is 29.6 Å². The molecule has 5 aliphatic rings. The number of rotatable bonds is 9. The first-order valence-corrected chi connectivity index (χ1v) is 20.6. The van der Waals surface area contributed by atoms with Gasteiger partial charge in [0.15, 0.2) is 11.5 Å². The van der Waals surface area contributed by atoms with Gasteiger partial charge in [-0.25, -0.2) is 4.39 Å². The van der Waals surface area contributed by atoms with E-state index in [9.17, 15) is 24.0 Å². The number of piperazine rings is 1. The summed E-state index contributed by atoms with van der Waals surface area (Å²) in [7, 11) is 1.33. The number of likely N-dealkylation sites (tertiary alicyclic amines) is 1. The molecule has 5 heterocycles. The number of fused-ring (bicyclic) bond motifs is 1. The van der Waals surface area contributed by atoms with E-state index in [1.54, 1.807) is 24.3 Å². The van der Waals surface area contributed by atoms with Crippen molar-refractivity contribution in [2.24, 2.45) is 5.92 Å². The smallest absolute Gasteiger partial charge is 0.272 e. The van der Waals surface area contributed by atoms with E-state index >= 15 is 4.39 Å². The van der Waals surface area contributed by atoms with Crippen LogP contribution in [-0.2, 0) is 9.59 Å². The second-order valence-electron chi connectivity index (χ2n) is 16.0. The summed E-state index contributed by atoms with van der Waals surface area (Å²) in [6.45, 7) is 5.06. The van der Waals surface area contributed by atoms with Gasteiger partial charge in [0.25, 0.3) is 23.6 Å². The summed E-state index contributed by atoms with van der Waals surface area (Å²) in [5.74, 6) is -1.35. The average molecular weight is 826 g/mol. The van der Waals surface area contributed by atoms with Gasteiger partial charge in [-0.05, 0) is 87.3 Å². The lowest BCUT2D eigenvalue weighted by molar-refractivity contribution is -0.149. The zero-order valence-electron chi connectivity index (χ0n) is 32.7. The first kappa shape index (κ1) is 40.1. The van der Waals surface area contributed by atoms with Crippen LogP contribution in [-0.4, -0.2) is 125 Å². The van der Waals surface area contributed by atoms with E-state index in [0.717, 1.165) is 79.8 Å². The summed E-state index contributed by atoms with van der Waals surface area (Å²) < 4.78 is 21.6. The molecule has 4 aliphatic heterocycles. The van der Waals surface area contributed by atoms with Crippen LogP contribution in [0.1, 0.15) is 88.1 Å². The van der Waals surface area contributed by atoms with Crippen LogP contribution in [0, 0.1) is 23.1 Å². The van der Waals surface area contributed by atoms with Gasteiger partial charge in [0.2, 0.25) is 5.91 Å². The monoisotopic (exact) mass is 825 g/mol. The number of benzene rings is 2. The average Bonchev–Trinajstić information content (AvgIpc) is 3.48. The Hall–Kier alpha value is -5.66. The fourth-order valence-electron chi connectivity index (χ4n) is 8.86. The number of nitrogens with one attached hydrogen (secondary N) is 1. The molecule has 1 N–H and O–H groups in total. The Kier molecular flexibility index (Phi) is 11.5. The Balaban J connectivity index is 0.767. The molecule has 308 valence electrons. The number of piperidine rings is 2. The lowest BCUT2D eigenvalue weighted by Gasteiger charge is -2.39. The number of likely N-dealkylation sites (N-methyl/N-ethyl adjacent to an activating group) is 1. The van der Waals surface area contributed by atoms with Crippen molar-refractivity contribution in [3.63, 3.8) is 0 Å². The van der Waals surface area contributed by atoms with Crippen molar-refractivity contribution in [2.45, 2.75) is 69.6 Å². The van der Waals surface area contributed by atoms with Gasteiger partial charge in [-0.15, -0.1) is 10.2 Å². The van der Waals surface area contributed by atoms with Crippen molar-refractivity contribution in [3.8, 4) is 11.8 Å². The number of halogens is 2. The minimum absolute atomic E-state index is 0.00512. The molecule has 1 atom stereocenters. The van der Waals surface area contributed by atoms with E-state index in [1.807, 2.05) is 17.0 Å². The molecule has 8 rings (SSSR count). The first-order valence-electron chi connectivity index (χ1n) is 20.2. The number of hydrogen-bond acceptors (Lipinski definition) is 12. The fourth-order valence-corrected chi connectivity index (χ4v) is 9.08. The second-order valence-corrected chi connectivity index (χ2v) is 16.4. The van der Waals surface area contributed by atoms with Crippen LogP contribution in [0.3, 0.4) is 0 Å². The van der Waals surface area contributed by atoms with Crippen LogP contribution in [0.15, 0.2) is 42.5 Å². The number of nitrogens with zero attached hydrogens (tertiary/aromatic N) is 8. The Labute approximate surface area is 346 Å². The van der Waals surface area contributed by atoms with Gasteiger partial charge in [-0.1, -0.05) is 11.6 Å². The molecule has 5 amide bonds. The fraction of sp³-hybridized carbons (Fsp3) is 0.476. The second kappa shape index (κ2) is 16.9. The molecule has 0 bridgehead atoms.